The molecule has 0 bridgehead atoms. The second kappa shape index (κ2) is 8.59. The van der Waals surface area contributed by atoms with Crippen molar-refractivity contribution < 1.29 is 9.53 Å². The van der Waals surface area contributed by atoms with E-state index in [9.17, 15) is 4.79 Å². The molecule has 122 valence electrons. The van der Waals surface area contributed by atoms with Crippen molar-refractivity contribution in [3.63, 3.8) is 0 Å². The van der Waals surface area contributed by atoms with Crippen LogP contribution in [0.2, 0.25) is 5.02 Å². The molecule has 0 saturated carbocycles. The number of rotatable bonds is 7. The number of ether oxygens (including phenoxy) is 1. The Kier molecular flexibility index (Phi) is 6.48. The highest BCUT2D eigenvalue weighted by Gasteiger charge is 2.16. The van der Waals surface area contributed by atoms with Gasteiger partial charge in [-0.25, -0.2) is 0 Å². The van der Waals surface area contributed by atoms with Crippen LogP contribution in [0.25, 0.3) is 0 Å². The zero-order valence-electron chi connectivity index (χ0n) is 13.5. The predicted octanol–water partition coefficient (Wildman–Crippen LogP) is 4.62. The molecule has 3 nitrogen and oxygen atoms in total. The fraction of sp³-hybridized carbons (Fsp3) is 0.316. The number of carbonyl (C=O) groups excluding carboxylic acids is 1. The lowest BCUT2D eigenvalue weighted by molar-refractivity contribution is -0.124. The monoisotopic (exact) mass is 331 g/mol. The van der Waals surface area contributed by atoms with Crippen LogP contribution in [0.15, 0.2) is 54.6 Å². The lowest BCUT2D eigenvalue weighted by atomic mass is 9.97. The van der Waals surface area contributed by atoms with Crippen molar-refractivity contribution in [2.24, 2.45) is 5.92 Å². The van der Waals surface area contributed by atoms with Crippen molar-refractivity contribution in [2.45, 2.75) is 26.3 Å². The summed E-state index contributed by atoms with van der Waals surface area (Å²) in [6, 6.07) is 17.1. The molecule has 1 amide bonds. The minimum atomic E-state index is -0.153. The highest BCUT2D eigenvalue weighted by Crippen LogP contribution is 2.23. The molecule has 0 radical (unpaired) electrons. The van der Waals surface area contributed by atoms with Gasteiger partial charge in [-0.1, -0.05) is 67.9 Å². The maximum atomic E-state index is 12.2. The van der Waals surface area contributed by atoms with Gasteiger partial charge in [-0.15, -0.1) is 0 Å². The molecule has 0 spiro atoms. The van der Waals surface area contributed by atoms with Crippen molar-refractivity contribution >= 4 is 17.5 Å². The molecule has 0 unspecified atom stereocenters. The number of hydrogen-bond donors (Lipinski definition) is 1. The summed E-state index contributed by atoms with van der Waals surface area (Å²) in [5.74, 6) is 0.842. The lowest BCUT2D eigenvalue weighted by Gasteiger charge is -2.21. The van der Waals surface area contributed by atoms with Crippen LogP contribution in [-0.4, -0.2) is 12.5 Å². The topological polar surface area (TPSA) is 38.3 Å². The van der Waals surface area contributed by atoms with E-state index in [1.165, 1.54) is 0 Å². The zero-order valence-corrected chi connectivity index (χ0v) is 14.2. The Hall–Kier alpha value is -2.00. The fourth-order valence-electron chi connectivity index (χ4n) is 2.38. The maximum absolute atomic E-state index is 12.2. The molecule has 0 aliphatic rings. The van der Waals surface area contributed by atoms with E-state index < -0.39 is 0 Å². The van der Waals surface area contributed by atoms with Crippen LogP contribution in [-0.2, 0) is 4.79 Å². The molecule has 2 aromatic rings. The minimum Gasteiger partial charge on any atom is -0.482 e. The quantitative estimate of drug-likeness (QED) is 0.803. The molecule has 0 heterocycles. The fourth-order valence-corrected chi connectivity index (χ4v) is 2.57. The van der Waals surface area contributed by atoms with E-state index in [4.69, 9.17) is 16.3 Å². The van der Waals surface area contributed by atoms with Gasteiger partial charge in [0.2, 0.25) is 0 Å². The molecule has 0 aliphatic heterocycles. The third-order valence-corrected chi connectivity index (χ3v) is 3.75. The zero-order chi connectivity index (χ0) is 16.7. The molecular weight excluding hydrogens is 310 g/mol. The first kappa shape index (κ1) is 17.4. The second-order valence-corrected chi connectivity index (χ2v) is 6.29. The van der Waals surface area contributed by atoms with Crippen molar-refractivity contribution in [1.82, 2.24) is 5.32 Å². The largest absolute Gasteiger partial charge is 0.482 e. The van der Waals surface area contributed by atoms with Crippen LogP contribution >= 0.6 is 11.6 Å². The first-order valence-corrected chi connectivity index (χ1v) is 8.15. The number of amides is 1. The summed E-state index contributed by atoms with van der Waals surface area (Å²) in [4.78, 5) is 12.2. The molecule has 0 fully saturated rings. The Labute approximate surface area is 142 Å². The number of para-hydroxylation sites is 1. The standard InChI is InChI=1S/C19H22ClNO2/c1-14(2)12-17(15-8-4-3-5-9-15)21-19(22)13-23-18-11-7-6-10-16(18)20/h3-11,14,17H,12-13H2,1-2H3,(H,21,22)/t17-/m0/s1. The second-order valence-electron chi connectivity index (χ2n) is 5.88. The molecule has 0 saturated heterocycles. The van der Waals surface area contributed by atoms with Gasteiger partial charge in [-0.2, -0.15) is 0 Å². The summed E-state index contributed by atoms with van der Waals surface area (Å²) >= 11 is 6.02. The Morgan fingerprint density at radius 1 is 1.09 bits per heavy atom. The SMILES string of the molecule is CC(C)C[C@H](NC(=O)COc1ccccc1Cl)c1ccccc1. The van der Waals surface area contributed by atoms with Crippen LogP contribution in [0.1, 0.15) is 31.9 Å². The van der Waals surface area contributed by atoms with Gasteiger partial charge in [0.15, 0.2) is 6.61 Å². The molecule has 2 rings (SSSR count). The summed E-state index contributed by atoms with van der Waals surface area (Å²) in [5, 5.41) is 3.55. The first-order valence-electron chi connectivity index (χ1n) is 7.78. The summed E-state index contributed by atoms with van der Waals surface area (Å²) in [6.45, 7) is 4.23. The van der Waals surface area contributed by atoms with Crippen LogP contribution < -0.4 is 10.1 Å². The van der Waals surface area contributed by atoms with Gasteiger partial charge in [0.1, 0.15) is 5.75 Å². The Morgan fingerprint density at radius 2 is 1.74 bits per heavy atom. The molecule has 0 aliphatic carbocycles. The van der Waals surface area contributed by atoms with Gasteiger partial charge in [0.25, 0.3) is 5.91 Å². The van der Waals surface area contributed by atoms with Gasteiger partial charge in [-0.3, -0.25) is 4.79 Å². The molecule has 1 N–H and O–H groups in total. The molecular formula is C19H22ClNO2. The molecule has 4 heteroatoms. The number of hydrogen-bond acceptors (Lipinski definition) is 2. The smallest absolute Gasteiger partial charge is 0.258 e. The van der Waals surface area contributed by atoms with E-state index in [2.05, 4.69) is 19.2 Å². The van der Waals surface area contributed by atoms with Gasteiger partial charge in [-0.05, 0) is 30.0 Å². The Balaban J connectivity index is 1.96. The van der Waals surface area contributed by atoms with E-state index in [1.54, 1.807) is 12.1 Å². The van der Waals surface area contributed by atoms with Gasteiger partial charge in [0, 0.05) is 0 Å². The third-order valence-electron chi connectivity index (χ3n) is 3.44. The minimum absolute atomic E-state index is 0.0152. The summed E-state index contributed by atoms with van der Waals surface area (Å²) in [7, 11) is 0. The maximum Gasteiger partial charge on any atom is 0.258 e. The molecule has 1 atom stereocenters. The average Bonchev–Trinajstić information content (AvgIpc) is 2.54. The van der Waals surface area contributed by atoms with E-state index >= 15 is 0 Å². The van der Waals surface area contributed by atoms with E-state index in [0.717, 1.165) is 12.0 Å². The molecule has 0 aromatic heterocycles. The van der Waals surface area contributed by atoms with Crippen molar-refractivity contribution in [2.75, 3.05) is 6.61 Å². The highest BCUT2D eigenvalue weighted by molar-refractivity contribution is 6.32. The molecule has 2 aromatic carbocycles. The third kappa shape index (κ3) is 5.61. The average molecular weight is 332 g/mol. The van der Waals surface area contributed by atoms with Gasteiger partial charge < -0.3 is 10.1 Å². The van der Waals surface area contributed by atoms with Crippen LogP contribution in [0.5, 0.6) is 5.75 Å². The van der Waals surface area contributed by atoms with Crippen LogP contribution in [0, 0.1) is 5.92 Å². The number of nitrogens with one attached hydrogen (secondary N) is 1. The van der Waals surface area contributed by atoms with Crippen LogP contribution in [0.4, 0.5) is 0 Å². The summed E-state index contributed by atoms with van der Waals surface area (Å²) < 4.78 is 5.50. The molecule has 23 heavy (non-hydrogen) atoms. The number of carbonyl (C=O) groups is 1. The van der Waals surface area contributed by atoms with Crippen molar-refractivity contribution in [3.05, 3.63) is 65.2 Å². The Morgan fingerprint density at radius 3 is 2.39 bits per heavy atom. The first-order chi connectivity index (χ1) is 11.1. The van der Waals surface area contributed by atoms with Gasteiger partial charge in [0.05, 0.1) is 11.1 Å². The van der Waals surface area contributed by atoms with Crippen molar-refractivity contribution in [3.8, 4) is 5.75 Å². The van der Waals surface area contributed by atoms with E-state index in [0.29, 0.717) is 16.7 Å². The predicted molar refractivity (Wildman–Crippen MR) is 93.7 cm³/mol. The highest BCUT2D eigenvalue weighted by atomic mass is 35.5. The number of halogens is 1. The van der Waals surface area contributed by atoms with E-state index in [-0.39, 0.29) is 18.6 Å². The Bertz CT molecular complexity index is 628. The number of benzene rings is 2. The van der Waals surface area contributed by atoms with Crippen LogP contribution in [0.3, 0.4) is 0 Å². The van der Waals surface area contributed by atoms with Crippen molar-refractivity contribution in [1.29, 1.82) is 0 Å². The summed E-state index contributed by atoms with van der Waals surface area (Å²) in [5.41, 5.74) is 1.10. The van der Waals surface area contributed by atoms with Gasteiger partial charge >= 0.3 is 0 Å². The summed E-state index contributed by atoms with van der Waals surface area (Å²) in [6.07, 6.45) is 0.877. The lowest BCUT2D eigenvalue weighted by Crippen LogP contribution is -2.33. The van der Waals surface area contributed by atoms with E-state index in [1.807, 2.05) is 42.5 Å². The normalized spacial score (nSPS) is 12.0.